The first-order chi connectivity index (χ1) is 12.8. The van der Waals surface area contributed by atoms with Gasteiger partial charge in [0.25, 0.3) is 0 Å². The molecule has 2 rings (SSSR count). The van der Waals surface area contributed by atoms with E-state index in [1.165, 1.54) is 10.7 Å². The first kappa shape index (κ1) is 25.9. The van der Waals surface area contributed by atoms with Gasteiger partial charge in [-0.05, 0) is 38.5 Å². The van der Waals surface area contributed by atoms with Crippen LogP contribution in [0, 0.1) is 5.92 Å². The lowest BCUT2D eigenvalue weighted by Gasteiger charge is -2.32. The Morgan fingerprint density at radius 1 is 1.11 bits per heavy atom. The van der Waals surface area contributed by atoms with Crippen LogP contribution in [0.25, 0.3) is 0 Å². The molecule has 0 aromatic rings. The van der Waals surface area contributed by atoms with Crippen molar-refractivity contribution in [3.8, 4) is 0 Å². The van der Waals surface area contributed by atoms with Gasteiger partial charge in [0, 0.05) is 39.3 Å². The monoisotopic (exact) mass is 551 g/mol. The normalized spacial score (nSPS) is 20.3. The fourth-order valence-electron chi connectivity index (χ4n) is 3.17. The molecule has 1 aliphatic carbocycles. The summed E-state index contributed by atoms with van der Waals surface area (Å²) in [7, 11) is -4.78. The van der Waals surface area contributed by atoms with Crippen LogP contribution in [0.15, 0.2) is 4.99 Å². The highest BCUT2D eigenvalue weighted by atomic mass is 127. The van der Waals surface area contributed by atoms with Gasteiger partial charge in [-0.2, -0.15) is 0 Å². The number of rotatable bonds is 9. The van der Waals surface area contributed by atoms with Crippen molar-refractivity contribution in [2.75, 3.05) is 44.7 Å². The summed E-state index contributed by atoms with van der Waals surface area (Å²) in [5, 5.41) is 6.28. The van der Waals surface area contributed by atoms with Gasteiger partial charge in [0.2, 0.25) is 20.0 Å². The molecular formula is C16H34IN5O4S2. The number of halogens is 1. The van der Waals surface area contributed by atoms with Crippen LogP contribution in [0.4, 0.5) is 0 Å². The molecule has 0 amide bonds. The number of hydrogen-bond acceptors (Lipinski definition) is 5. The van der Waals surface area contributed by atoms with Crippen LogP contribution in [0.5, 0.6) is 0 Å². The van der Waals surface area contributed by atoms with Crippen LogP contribution in [-0.2, 0) is 20.0 Å². The Labute approximate surface area is 186 Å². The molecule has 0 radical (unpaired) electrons. The summed E-state index contributed by atoms with van der Waals surface area (Å²) in [6.45, 7) is 3.44. The van der Waals surface area contributed by atoms with E-state index in [0.29, 0.717) is 44.4 Å². The summed E-state index contributed by atoms with van der Waals surface area (Å²) < 4.78 is 52.0. The van der Waals surface area contributed by atoms with E-state index in [0.717, 1.165) is 12.8 Å². The molecule has 0 unspecified atom stereocenters. The van der Waals surface area contributed by atoms with Gasteiger partial charge in [0.15, 0.2) is 5.96 Å². The standard InChI is InChI=1S/C16H33N5O4S2.HI/c1-3-27(24,25)21-10-7-15(8-11-21)20-16(17-2)18-9-12-26(22,23)19-13-14-5-4-6-14;/h14-15,19H,3-13H2,1-2H3,(H2,17,18,20);1H. The molecule has 0 spiro atoms. The highest BCUT2D eigenvalue weighted by molar-refractivity contribution is 14.0. The smallest absolute Gasteiger partial charge is 0.213 e. The number of aliphatic imine (C=N–C) groups is 1. The maximum atomic E-state index is 12.0. The van der Waals surface area contributed by atoms with Crippen molar-refractivity contribution in [3.63, 3.8) is 0 Å². The number of nitrogens with one attached hydrogen (secondary N) is 3. The van der Waals surface area contributed by atoms with Crippen molar-refractivity contribution in [2.45, 2.75) is 45.1 Å². The molecule has 1 heterocycles. The van der Waals surface area contributed by atoms with Crippen molar-refractivity contribution < 1.29 is 16.8 Å². The van der Waals surface area contributed by atoms with E-state index >= 15 is 0 Å². The highest BCUT2D eigenvalue weighted by Crippen LogP contribution is 2.25. The summed E-state index contributed by atoms with van der Waals surface area (Å²) in [5.41, 5.74) is 0. The lowest BCUT2D eigenvalue weighted by Crippen LogP contribution is -2.50. The predicted molar refractivity (Wildman–Crippen MR) is 123 cm³/mol. The second-order valence-corrected chi connectivity index (χ2v) is 11.4. The first-order valence-electron chi connectivity index (χ1n) is 9.68. The summed E-state index contributed by atoms with van der Waals surface area (Å²) >= 11 is 0. The lowest BCUT2D eigenvalue weighted by molar-refractivity contribution is 0.306. The van der Waals surface area contributed by atoms with Crippen molar-refractivity contribution in [1.29, 1.82) is 0 Å². The molecule has 12 heteroatoms. The number of piperidine rings is 1. The quantitative estimate of drug-likeness (QED) is 0.216. The molecule has 1 saturated heterocycles. The van der Waals surface area contributed by atoms with E-state index in [-0.39, 0.29) is 48.1 Å². The molecule has 0 aromatic carbocycles. The second-order valence-electron chi connectivity index (χ2n) is 7.18. The molecule has 0 bridgehead atoms. The van der Waals surface area contributed by atoms with Crippen molar-refractivity contribution in [3.05, 3.63) is 0 Å². The maximum absolute atomic E-state index is 12.0. The molecule has 2 fully saturated rings. The SMILES string of the molecule is CCS(=O)(=O)N1CCC(NC(=NC)NCCS(=O)(=O)NCC2CCC2)CC1.I. The van der Waals surface area contributed by atoms with Gasteiger partial charge in [0.05, 0.1) is 11.5 Å². The van der Waals surface area contributed by atoms with E-state index in [4.69, 9.17) is 0 Å². The molecule has 166 valence electrons. The molecule has 3 N–H and O–H groups in total. The lowest BCUT2D eigenvalue weighted by atomic mass is 9.86. The zero-order valence-corrected chi connectivity index (χ0v) is 20.6. The average Bonchev–Trinajstić information content (AvgIpc) is 2.59. The number of sulfonamides is 2. The Hall–Kier alpha value is -0.180. The minimum Gasteiger partial charge on any atom is -0.355 e. The Morgan fingerprint density at radius 3 is 2.25 bits per heavy atom. The summed E-state index contributed by atoms with van der Waals surface area (Å²) in [4.78, 5) is 4.13. The minimum atomic E-state index is -3.29. The van der Waals surface area contributed by atoms with E-state index in [1.807, 2.05) is 0 Å². The minimum absolute atomic E-state index is 0. The topological polar surface area (TPSA) is 120 Å². The summed E-state index contributed by atoms with van der Waals surface area (Å²) in [6.07, 6.45) is 4.80. The van der Waals surface area contributed by atoms with E-state index in [9.17, 15) is 16.8 Å². The number of hydrogen-bond donors (Lipinski definition) is 3. The Morgan fingerprint density at radius 2 is 1.75 bits per heavy atom. The zero-order valence-electron chi connectivity index (χ0n) is 16.7. The van der Waals surface area contributed by atoms with Crippen molar-refractivity contribution in [2.24, 2.45) is 10.9 Å². The van der Waals surface area contributed by atoms with Crippen LogP contribution >= 0.6 is 24.0 Å². The third kappa shape index (κ3) is 8.28. The first-order valence-corrected chi connectivity index (χ1v) is 12.9. The van der Waals surface area contributed by atoms with Gasteiger partial charge < -0.3 is 10.6 Å². The maximum Gasteiger partial charge on any atom is 0.213 e. The van der Waals surface area contributed by atoms with Crippen LogP contribution in [0.1, 0.15) is 39.0 Å². The molecule has 1 aliphatic heterocycles. The van der Waals surface area contributed by atoms with E-state index in [1.54, 1.807) is 14.0 Å². The van der Waals surface area contributed by atoms with Crippen molar-refractivity contribution >= 4 is 50.0 Å². The summed E-state index contributed by atoms with van der Waals surface area (Å²) in [6, 6.07) is 0.118. The van der Waals surface area contributed by atoms with Crippen LogP contribution < -0.4 is 15.4 Å². The predicted octanol–water partition coefficient (Wildman–Crippen LogP) is 0.303. The Bertz CT molecular complexity index is 703. The number of guanidine groups is 1. The second kappa shape index (κ2) is 11.9. The molecule has 1 saturated carbocycles. The molecule has 0 atom stereocenters. The number of nitrogens with zero attached hydrogens (tertiary/aromatic N) is 2. The average molecular weight is 552 g/mol. The van der Waals surface area contributed by atoms with Crippen LogP contribution in [0.2, 0.25) is 0 Å². The third-order valence-electron chi connectivity index (χ3n) is 5.26. The molecule has 2 aliphatic rings. The van der Waals surface area contributed by atoms with Gasteiger partial charge in [-0.25, -0.2) is 25.9 Å². The highest BCUT2D eigenvalue weighted by Gasteiger charge is 2.27. The summed E-state index contributed by atoms with van der Waals surface area (Å²) in [5.74, 6) is 1.15. The van der Waals surface area contributed by atoms with Crippen LogP contribution in [-0.4, -0.2) is 77.9 Å². The van der Waals surface area contributed by atoms with Crippen LogP contribution in [0.3, 0.4) is 0 Å². The zero-order chi connectivity index (χ0) is 19.9. The molecule has 28 heavy (non-hydrogen) atoms. The van der Waals surface area contributed by atoms with Gasteiger partial charge in [0.1, 0.15) is 0 Å². The molecular weight excluding hydrogens is 517 g/mol. The Balaban J connectivity index is 0.00000392. The largest absolute Gasteiger partial charge is 0.355 e. The fraction of sp³-hybridized carbons (Fsp3) is 0.938. The van der Waals surface area contributed by atoms with Gasteiger partial charge in [-0.3, -0.25) is 4.99 Å². The van der Waals surface area contributed by atoms with Crippen molar-refractivity contribution in [1.82, 2.24) is 19.7 Å². The fourth-order valence-corrected chi connectivity index (χ4v) is 5.30. The third-order valence-corrected chi connectivity index (χ3v) is 8.49. The van der Waals surface area contributed by atoms with Gasteiger partial charge in [-0.1, -0.05) is 6.42 Å². The molecule has 0 aromatic heterocycles. The van der Waals surface area contributed by atoms with E-state index in [2.05, 4.69) is 20.3 Å². The van der Waals surface area contributed by atoms with E-state index < -0.39 is 20.0 Å². The Kier molecular flexibility index (Phi) is 11.0. The van der Waals surface area contributed by atoms with Gasteiger partial charge >= 0.3 is 0 Å². The van der Waals surface area contributed by atoms with Gasteiger partial charge in [-0.15, -0.1) is 24.0 Å². The molecule has 9 nitrogen and oxygen atoms in total.